The van der Waals surface area contributed by atoms with Crippen molar-refractivity contribution >= 4 is 28.4 Å². The first-order chi connectivity index (χ1) is 11.8. The number of amides is 2. The molecule has 0 saturated carbocycles. The number of fused-ring (bicyclic) bond motifs is 1. The summed E-state index contributed by atoms with van der Waals surface area (Å²) >= 11 is 0. The Balaban J connectivity index is 1.64. The maximum absolute atomic E-state index is 12.1. The molecule has 0 aliphatic carbocycles. The van der Waals surface area contributed by atoms with E-state index in [2.05, 4.69) is 25.3 Å². The van der Waals surface area contributed by atoms with Gasteiger partial charge in [0.25, 0.3) is 0 Å². The van der Waals surface area contributed by atoms with E-state index in [9.17, 15) is 22.8 Å². The van der Waals surface area contributed by atoms with Gasteiger partial charge in [0.05, 0.1) is 11.0 Å². The van der Waals surface area contributed by atoms with E-state index in [0.717, 1.165) is 12.1 Å². The molecule has 0 aliphatic rings. The van der Waals surface area contributed by atoms with Gasteiger partial charge in [-0.1, -0.05) is 0 Å². The summed E-state index contributed by atoms with van der Waals surface area (Å²) in [5.74, 6) is -0.389. The van der Waals surface area contributed by atoms with Crippen molar-refractivity contribution in [3.8, 4) is 5.75 Å². The molecule has 3 aromatic rings. The standard InChI is InChI=1S/C15H11F3N4O3/c16-15(17,18)25-10-4-1-8(2-5-10)19-13(23)20-9-3-6-11-12(7-9)22-14(24)21-11/h1-7H,(H2,19,20,23)(H2,21,22,24). The predicted octanol–water partition coefficient (Wildman–Crippen LogP) is 3.40. The van der Waals surface area contributed by atoms with Crippen molar-refractivity contribution in [1.29, 1.82) is 0 Å². The molecule has 0 atom stereocenters. The monoisotopic (exact) mass is 352 g/mol. The maximum Gasteiger partial charge on any atom is 0.573 e. The molecule has 3 rings (SSSR count). The van der Waals surface area contributed by atoms with Crippen LogP contribution in [0.2, 0.25) is 0 Å². The van der Waals surface area contributed by atoms with E-state index in [1.54, 1.807) is 18.2 Å². The summed E-state index contributed by atoms with van der Waals surface area (Å²) in [5.41, 5.74) is 1.46. The molecule has 0 aliphatic heterocycles. The van der Waals surface area contributed by atoms with Crippen molar-refractivity contribution in [2.45, 2.75) is 6.36 Å². The number of benzene rings is 2. The summed E-state index contributed by atoms with van der Waals surface area (Å²) in [6, 6.07) is 8.88. The zero-order valence-corrected chi connectivity index (χ0v) is 12.4. The third-order valence-corrected chi connectivity index (χ3v) is 3.12. The van der Waals surface area contributed by atoms with Crippen LogP contribution in [-0.2, 0) is 0 Å². The second-order valence-electron chi connectivity index (χ2n) is 4.99. The molecule has 2 amide bonds. The first-order valence-corrected chi connectivity index (χ1v) is 6.94. The molecule has 7 nitrogen and oxygen atoms in total. The van der Waals surface area contributed by atoms with E-state index in [-0.39, 0.29) is 17.1 Å². The quantitative estimate of drug-likeness (QED) is 0.581. The van der Waals surface area contributed by atoms with Gasteiger partial charge in [0.15, 0.2) is 0 Å². The zero-order valence-electron chi connectivity index (χ0n) is 12.4. The largest absolute Gasteiger partial charge is 0.573 e. The van der Waals surface area contributed by atoms with Crippen molar-refractivity contribution < 1.29 is 22.7 Å². The van der Waals surface area contributed by atoms with Crippen LogP contribution in [0.1, 0.15) is 0 Å². The summed E-state index contributed by atoms with van der Waals surface area (Å²) in [7, 11) is 0. The molecule has 4 N–H and O–H groups in total. The molecule has 2 aromatic carbocycles. The number of anilines is 2. The lowest BCUT2D eigenvalue weighted by Gasteiger charge is -2.10. The first-order valence-electron chi connectivity index (χ1n) is 6.94. The average molecular weight is 352 g/mol. The van der Waals surface area contributed by atoms with Gasteiger partial charge in [-0.2, -0.15) is 0 Å². The molecule has 0 bridgehead atoms. The molecule has 0 radical (unpaired) electrons. The van der Waals surface area contributed by atoms with E-state index >= 15 is 0 Å². The molecule has 0 unspecified atom stereocenters. The van der Waals surface area contributed by atoms with Crippen LogP contribution in [0.4, 0.5) is 29.3 Å². The summed E-state index contributed by atoms with van der Waals surface area (Å²) in [5, 5.41) is 5.01. The van der Waals surface area contributed by atoms with Gasteiger partial charge in [-0.05, 0) is 42.5 Å². The first kappa shape index (κ1) is 16.4. The lowest BCUT2D eigenvalue weighted by Crippen LogP contribution is -2.19. The number of alkyl halides is 3. The maximum atomic E-state index is 12.1. The number of aromatic amines is 2. The number of nitrogens with one attached hydrogen (secondary N) is 4. The molecule has 10 heteroatoms. The van der Waals surface area contributed by atoms with Crippen LogP contribution in [0.5, 0.6) is 5.75 Å². The molecule has 130 valence electrons. The van der Waals surface area contributed by atoms with Gasteiger partial charge in [-0.3, -0.25) is 0 Å². The number of hydrogen-bond donors (Lipinski definition) is 4. The molecule has 0 fully saturated rings. The second kappa shape index (κ2) is 6.23. The van der Waals surface area contributed by atoms with E-state index in [4.69, 9.17) is 0 Å². The summed E-state index contributed by atoms with van der Waals surface area (Å²) < 4.78 is 40.0. The van der Waals surface area contributed by atoms with Crippen molar-refractivity contribution in [2.24, 2.45) is 0 Å². The van der Waals surface area contributed by atoms with Gasteiger partial charge in [-0.15, -0.1) is 13.2 Å². The summed E-state index contributed by atoms with van der Waals surface area (Å²) in [6.07, 6.45) is -4.77. The topological polar surface area (TPSA) is 99.0 Å². The molecule has 1 heterocycles. The SMILES string of the molecule is O=C(Nc1ccc(OC(F)(F)F)cc1)Nc1ccc2[nH]c(=O)[nH]c2c1. The Bertz CT molecular complexity index is 961. The molecule has 1 aromatic heterocycles. The smallest absolute Gasteiger partial charge is 0.406 e. The van der Waals surface area contributed by atoms with Crippen LogP contribution in [0.25, 0.3) is 11.0 Å². The fraction of sp³-hybridized carbons (Fsp3) is 0.0667. The molecule has 25 heavy (non-hydrogen) atoms. The molecule has 0 spiro atoms. The number of carbonyl (C=O) groups is 1. The highest BCUT2D eigenvalue weighted by molar-refractivity contribution is 6.00. The van der Waals surface area contributed by atoms with Gasteiger partial charge in [0, 0.05) is 11.4 Å². The highest BCUT2D eigenvalue weighted by Crippen LogP contribution is 2.24. The summed E-state index contributed by atoms with van der Waals surface area (Å²) in [6.45, 7) is 0. The lowest BCUT2D eigenvalue weighted by molar-refractivity contribution is -0.274. The van der Waals surface area contributed by atoms with Gasteiger partial charge >= 0.3 is 18.1 Å². The fourth-order valence-corrected chi connectivity index (χ4v) is 2.14. The Morgan fingerprint density at radius 1 is 0.920 bits per heavy atom. The number of hydrogen-bond acceptors (Lipinski definition) is 3. The highest BCUT2D eigenvalue weighted by Gasteiger charge is 2.30. The molecule has 0 saturated heterocycles. The number of halogens is 3. The van der Waals surface area contributed by atoms with Crippen LogP contribution in [0, 0.1) is 0 Å². The Morgan fingerprint density at radius 3 is 2.20 bits per heavy atom. The Morgan fingerprint density at radius 2 is 1.52 bits per heavy atom. The zero-order chi connectivity index (χ0) is 18.0. The molecular formula is C15H11F3N4O3. The number of H-pyrrole nitrogens is 2. The van der Waals surface area contributed by atoms with Crippen LogP contribution in [0.3, 0.4) is 0 Å². The second-order valence-corrected chi connectivity index (χ2v) is 4.99. The van der Waals surface area contributed by atoms with Crippen LogP contribution in [-0.4, -0.2) is 22.4 Å². The Kier molecular flexibility index (Phi) is 4.09. The number of imidazole rings is 1. The fourth-order valence-electron chi connectivity index (χ4n) is 2.14. The third-order valence-electron chi connectivity index (χ3n) is 3.12. The van der Waals surface area contributed by atoms with E-state index in [1.807, 2.05) is 0 Å². The lowest BCUT2D eigenvalue weighted by atomic mass is 10.3. The number of urea groups is 1. The molecular weight excluding hydrogens is 341 g/mol. The summed E-state index contributed by atoms with van der Waals surface area (Å²) in [4.78, 5) is 28.2. The third kappa shape index (κ3) is 4.31. The van der Waals surface area contributed by atoms with Crippen molar-refractivity contribution in [1.82, 2.24) is 9.97 Å². The van der Waals surface area contributed by atoms with Crippen molar-refractivity contribution in [2.75, 3.05) is 10.6 Å². The van der Waals surface area contributed by atoms with E-state index in [0.29, 0.717) is 16.7 Å². The number of aromatic nitrogens is 2. The van der Waals surface area contributed by atoms with Crippen LogP contribution >= 0.6 is 0 Å². The number of carbonyl (C=O) groups excluding carboxylic acids is 1. The van der Waals surface area contributed by atoms with Gasteiger partial charge in [0.1, 0.15) is 5.75 Å². The average Bonchev–Trinajstić information content (AvgIpc) is 2.87. The van der Waals surface area contributed by atoms with Crippen molar-refractivity contribution in [3.05, 3.63) is 52.9 Å². The van der Waals surface area contributed by atoms with E-state index < -0.39 is 12.4 Å². The Hall–Kier alpha value is -3.43. The minimum absolute atomic E-state index is 0.281. The normalized spacial score (nSPS) is 11.3. The van der Waals surface area contributed by atoms with Gasteiger partial charge in [0.2, 0.25) is 0 Å². The van der Waals surface area contributed by atoms with Crippen LogP contribution < -0.4 is 21.1 Å². The van der Waals surface area contributed by atoms with Crippen molar-refractivity contribution in [3.63, 3.8) is 0 Å². The number of ether oxygens (including phenoxy) is 1. The van der Waals surface area contributed by atoms with Gasteiger partial charge < -0.3 is 25.3 Å². The minimum Gasteiger partial charge on any atom is -0.406 e. The predicted molar refractivity (Wildman–Crippen MR) is 84.7 cm³/mol. The number of rotatable bonds is 3. The highest BCUT2D eigenvalue weighted by atomic mass is 19.4. The van der Waals surface area contributed by atoms with Gasteiger partial charge in [-0.25, -0.2) is 9.59 Å². The van der Waals surface area contributed by atoms with E-state index in [1.165, 1.54) is 12.1 Å². The minimum atomic E-state index is -4.77. The van der Waals surface area contributed by atoms with Crippen LogP contribution in [0.15, 0.2) is 47.3 Å². The Labute approximate surface area is 137 Å².